The van der Waals surface area contributed by atoms with Crippen molar-refractivity contribution in [1.82, 2.24) is 19.6 Å². The van der Waals surface area contributed by atoms with E-state index in [4.69, 9.17) is 11.6 Å². The van der Waals surface area contributed by atoms with Crippen LogP contribution in [-0.2, 0) is 11.2 Å². The first-order chi connectivity index (χ1) is 15.9. The summed E-state index contributed by atoms with van der Waals surface area (Å²) in [6, 6.07) is 14.4. The molecule has 0 aliphatic rings. The van der Waals surface area contributed by atoms with Crippen LogP contribution in [0, 0.1) is 0 Å². The largest absolute Gasteiger partial charge is 0.324 e. The SMILES string of the molecule is CC(C)n1cc(NC(=O)c2cccc(-n3cc(CC(=O)Nc4ccccc4Cl)cn3)c2)cn1. The van der Waals surface area contributed by atoms with Crippen LogP contribution in [0.1, 0.15) is 35.8 Å². The number of aromatic nitrogens is 4. The first-order valence-corrected chi connectivity index (χ1v) is 10.8. The smallest absolute Gasteiger partial charge is 0.255 e. The lowest BCUT2D eigenvalue weighted by molar-refractivity contribution is -0.115. The van der Waals surface area contributed by atoms with Gasteiger partial charge < -0.3 is 10.6 Å². The molecule has 8 nitrogen and oxygen atoms in total. The summed E-state index contributed by atoms with van der Waals surface area (Å²) < 4.78 is 3.41. The van der Waals surface area contributed by atoms with E-state index in [-0.39, 0.29) is 24.3 Å². The van der Waals surface area contributed by atoms with Crippen molar-refractivity contribution in [2.24, 2.45) is 0 Å². The van der Waals surface area contributed by atoms with Crippen LogP contribution < -0.4 is 10.6 Å². The Hall–Kier alpha value is -3.91. The summed E-state index contributed by atoms with van der Waals surface area (Å²) in [5, 5.41) is 14.7. The predicted molar refractivity (Wildman–Crippen MR) is 128 cm³/mol. The van der Waals surface area contributed by atoms with Crippen LogP contribution in [0.3, 0.4) is 0 Å². The van der Waals surface area contributed by atoms with Gasteiger partial charge in [-0.1, -0.05) is 29.8 Å². The number of hydrogen-bond donors (Lipinski definition) is 2. The van der Waals surface area contributed by atoms with Crippen LogP contribution in [-0.4, -0.2) is 31.4 Å². The van der Waals surface area contributed by atoms with E-state index in [0.29, 0.717) is 27.6 Å². The van der Waals surface area contributed by atoms with Crippen molar-refractivity contribution in [2.45, 2.75) is 26.3 Å². The third-order valence-electron chi connectivity index (χ3n) is 4.91. The molecular formula is C24H23ClN6O2. The zero-order valence-corrected chi connectivity index (χ0v) is 19.0. The maximum Gasteiger partial charge on any atom is 0.255 e. The highest BCUT2D eigenvalue weighted by Gasteiger charge is 2.12. The van der Waals surface area contributed by atoms with E-state index in [0.717, 1.165) is 5.56 Å². The van der Waals surface area contributed by atoms with Gasteiger partial charge in [0.2, 0.25) is 5.91 Å². The average Bonchev–Trinajstić information content (AvgIpc) is 3.45. The van der Waals surface area contributed by atoms with Gasteiger partial charge in [-0.25, -0.2) is 4.68 Å². The van der Waals surface area contributed by atoms with Crippen molar-refractivity contribution in [3.05, 3.63) is 89.5 Å². The molecule has 0 saturated carbocycles. The zero-order valence-electron chi connectivity index (χ0n) is 18.2. The molecule has 33 heavy (non-hydrogen) atoms. The van der Waals surface area contributed by atoms with Crippen molar-refractivity contribution in [3.63, 3.8) is 0 Å². The fraction of sp³-hybridized carbons (Fsp3) is 0.167. The van der Waals surface area contributed by atoms with E-state index in [9.17, 15) is 9.59 Å². The molecule has 0 saturated heterocycles. The molecule has 0 atom stereocenters. The second kappa shape index (κ2) is 9.70. The van der Waals surface area contributed by atoms with Gasteiger partial charge in [0, 0.05) is 24.0 Å². The molecule has 0 bridgehead atoms. The highest BCUT2D eigenvalue weighted by molar-refractivity contribution is 6.33. The topological polar surface area (TPSA) is 93.8 Å². The van der Waals surface area contributed by atoms with Crippen molar-refractivity contribution in [2.75, 3.05) is 10.6 Å². The highest BCUT2D eigenvalue weighted by Crippen LogP contribution is 2.21. The van der Waals surface area contributed by atoms with Crippen LogP contribution in [0.15, 0.2) is 73.3 Å². The molecule has 168 valence electrons. The standard InChI is InChI=1S/C24H23ClN6O2/c1-16(2)30-15-19(13-27-30)28-24(33)18-6-5-7-20(11-18)31-14-17(12-26-31)10-23(32)29-22-9-4-3-8-21(22)25/h3-9,11-16H,10H2,1-2H3,(H,28,33)(H,29,32). The Balaban J connectivity index is 1.42. The lowest BCUT2D eigenvalue weighted by Gasteiger charge is -2.07. The van der Waals surface area contributed by atoms with Crippen molar-refractivity contribution >= 4 is 34.8 Å². The number of para-hydroxylation sites is 1. The number of carbonyl (C=O) groups is 2. The lowest BCUT2D eigenvalue weighted by atomic mass is 10.2. The molecule has 9 heteroatoms. The van der Waals surface area contributed by atoms with E-state index >= 15 is 0 Å². The third kappa shape index (κ3) is 5.48. The van der Waals surface area contributed by atoms with Crippen LogP contribution in [0.25, 0.3) is 5.69 Å². The summed E-state index contributed by atoms with van der Waals surface area (Å²) in [7, 11) is 0. The summed E-state index contributed by atoms with van der Waals surface area (Å²) in [5.41, 5.74) is 3.12. The molecule has 4 rings (SSSR count). The van der Waals surface area contributed by atoms with Crippen molar-refractivity contribution in [1.29, 1.82) is 0 Å². The Kier molecular flexibility index (Phi) is 6.55. The first kappa shape index (κ1) is 22.3. The van der Waals surface area contributed by atoms with Gasteiger partial charge >= 0.3 is 0 Å². The monoisotopic (exact) mass is 462 g/mol. The van der Waals surface area contributed by atoms with Gasteiger partial charge in [-0.3, -0.25) is 14.3 Å². The van der Waals surface area contributed by atoms with Gasteiger partial charge in [0.1, 0.15) is 0 Å². The maximum absolute atomic E-state index is 12.7. The summed E-state index contributed by atoms with van der Waals surface area (Å²) in [5.74, 6) is -0.440. The molecule has 2 heterocycles. The number of hydrogen-bond acceptors (Lipinski definition) is 4. The van der Waals surface area contributed by atoms with Gasteiger partial charge in [0.05, 0.1) is 40.9 Å². The number of carbonyl (C=O) groups excluding carboxylic acids is 2. The molecule has 0 radical (unpaired) electrons. The van der Waals surface area contributed by atoms with Gasteiger partial charge in [-0.05, 0) is 49.7 Å². The molecule has 2 aromatic carbocycles. The maximum atomic E-state index is 12.7. The Labute approximate surface area is 196 Å². The average molecular weight is 463 g/mol. The van der Waals surface area contributed by atoms with Gasteiger partial charge in [0.15, 0.2) is 0 Å². The second-order valence-corrected chi connectivity index (χ2v) is 8.21. The predicted octanol–water partition coefficient (Wildman–Crippen LogP) is 4.74. The minimum absolute atomic E-state index is 0.144. The lowest BCUT2D eigenvalue weighted by Crippen LogP contribution is -2.14. The number of rotatable bonds is 7. The van der Waals surface area contributed by atoms with E-state index in [2.05, 4.69) is 20.8 Å². The van der Waals surface area contributed by atoms with Gasteiger partial charge in [-0.15, -0.1) is 0 Å². The minimum Gasteiger partial charge on any atom is -0.324 e. The Morgan fingerprint density at radius 1 is 1.00 bits per heavy atom. The quantitative estimate of drug-likeness (QED) is 0.415. The van der Waals surface area contributed by atoms with Gasteiger partial charge in [0.25, 0.3) is 5.91 Å². The number of anilines is 2. The molecule has 0 unspecified atom stereocenters. The van der Waals surface area contributed by atoms with Gasteiger partial charge in [-0.2, -0.15) is 10.2 Å². The molecule has 4 aromatic rings. The molecule has 0 fully saturated rings. The van der Waals surface area contributed by atoms with E-state index in [1.165, 1.54) is 0 Å². The second-order valence-electron chi connectivity index (χ2n) is 7.81. The molecule has 0 aliphatic carbocycles. The van der Waals surface area contributed by atoms with Crippen molar-refractivity contribution < 1.29 is 9.59 Å². The first-order valence-electron chi connectivity index (χ1n) is 10.4. The number of nitrogens with one attached hydrogen (secondary N) is 2. The molecular weight excluding hydrogens is 440 g/mol. The Morgan fingerprint density at radius 3 is 2.58 bits per heavy atom. The number of amides is 2. The van der Waals surface area contributed by atoms with Crippen molar-refractivity contribution in [3.8, 4) is 5.69 Å². The Bertz CT molecular complexity index is 1290. The molecule has 0 aliphatic heterocycles. The Morgan fingerprint density at radius 2 is 1.82 bits per heavy atom. The number of nitrogens with zero attached hydrogens (tertiary/aromatic N) is 4. The molecule has 2 aromatic heterocycles. The van der Waals surface area contributed by atoms with E-state index in [1.807, 2.05) is 19.9 Å². The van der Waals surface area contributed by atoms with Crippen LogP contribution in [0.5, 0.6) is 0 Å². The summed E-state index contributed by atoms with van der Waals surface area (Å²) in [6.45, 7) is 4.03. The van der Waals surface area contributed by atoms with E-state index < -0.39 is 0 Å². The summed E-state index contributed by atoms with van der Waals surface area (Å²) in [6.07, 6.45) is 6.94. The summed E-state index contributed by atoms with van der Waals surface area (Å²) >= 11 is 6.09. The fourth-order valence-corrected chi connectivity index (χ4v) is 3.40. The fourth-order valence-electron chi connectivity index (χ4n) is 3.21. The van der Waals surface area contributed by atoms with Crippen LogP contribution in [0.4, 0.5) is 11.4 Å². The molecule has 2 amide bonds. The zero-order chi connectivity index (χ0) is 23.4. The molecule has 0 spiro atoms. The number of halogens is 1. The minimum atomic E-state index is -0.244. The normalized spacial score (nSPS) is 10.9. The molecule has 2 N–H and O–H groups in total. The summed E-state index contributed by atoms with van der Waals surface area (Å²) in [4.78, 5) is 25.1. The van der Waals surface area contributed by atoms with Crippen LogP contribution in [0.2, 0.25) is 5.02 Å². The highest BCUT2D eigenvalue weighted by atomic mass is 35.5. The number of benzene rings is 2. The van der Waals surface area contributed by atoms with E-state index in [1.54, 1.807) is 76.6 Å². The third-order valence-corrected chi connectivity index (χ3v) is 5.24. The van der Waals surface area contributed by atoms with Crippen LogP contribution >= 0.6 is 11.6 Å².